The molecule has 0 radical (unpaired) electrons. The van der Waals surface area contributed by atoms with Crippen molar-refractivity contribution < 1.29 is 4.79 Å². The summed E-state index contributed by atoms with van der Waals surface area (Å²) in [5.74, 6) is -0.0664. The van der Waals surface area contributed by atoms with Crippen LogP contribution in [0.3, 0.4) is 0 Å². The van der Waals surface area contributed by atoms with Crippen LogP contribution in [0.4, 0.5) is 11.4 Å². The van der Waals surface area contributed by atoms with Crippen LogP contribution < -0.4 is 10.6 Å². The molecule has 0 aliphatic carbocycles. The Morgan fingerprint density at radius 3 is 2.55 bits per heavy atom. The highest BCUT2D eigenvalue weighted by molar-refractivity contribution is 9.10. The van der Waals surface area contributed by atoms with Gasteiger partial charge in [0.25, 0.3) is 0 Å². The zero-order valence-electron chi connectivity index (χ0n) is 11.4. The molecule has 0 saturated carbocycles. The number of hydrogen-bond acceptors (Lipinski definition) is 3. The van der Waals surface area contributed by atoms with Gasteiger partial charge in [-0.15, -0.1) is 0 Å². The van der Waals surface area contributed by atoms with Crippen LogP contribution >= 0.6 is 15.9 Å². The maximum atomic E-state index is 10.9. The average molecular weight is 337 g/mol. The monoisotopic (exact) mass is 336 g/mol. The molecule has 5 nitrogen and oxygen atoms in total. The molecule has 0 aliphatic heterocycles. The molecule has 0 fully saturated rings. The summed E-state index contributed by atoms with van der Waals surface area (Å²) in [7, 11) is 0. The Morgan fingerprint density at radius 2 is 2.00 bits per heavy atom. The second-order valence-corrected chi connectivity index (χ2v) is 5.60. The van der Waals surface area contributed by atoms with E-state index >= 15 is 0 Å². The zero-order chi connectivity index (χ0) is 14.5. The Bertz CT molecular complexity index is 579. The van der Waals surface area contributed by atoms with Crippen molar-refractivity contribution >= 4 is 33.2 Å². The lowest BCUT2D eigenvalue weighted by Gasteiger charge is -2.15. The number of rotatable bonds is 5. The van der Waals surface area contributed by atoms with E-state index in [9.17, 15) is 4.79 Å². The van der Waals surface area contributed by atoms with Crippen LogP contribution in [0.2, 0.25) is 0 Å². The molecule has 1 heterocycles. The van der Waals surface area contributed by atoms with Gasteiger partial charge in [0.15, 0.2) is 0 Å². The number of nitrogens with one attached hydrogen (secondary N) is 2. The van der Waals surface area contributed by atoms with Gasteiger partial charge in [-0.25, -0.2) is 0 Å². The summed E-state index contributed by atoms with van der Waals surface area (Å²) in [6.45, 7) is 4.37. The highest BCUT2D eigenvalue weighted by Gasteiger charge is 2.04. The molecule has 1 aromatic heterocycles. The summed E-state index contributed by atoms with van der Waals surface area (Å²) in [6, 6.07) is 7.89. The van der Waals surface area contributed by atoms with Crippen LogP contribution in [0, 0.1) is 0 Å². The van der Waals surface area contributed by atoms with Gasteiger partial charge in [-0.3, -0.25) is 9.48 Å². The SMILES string of the molecule is CC(=O)Nc1ccc(N[C@H](C)Cn2cc(Br)cn2)cc1. The van der Waals surface area contributed by atoms with E-state index in [-0.39, 0.29) is 11.9 Å². The second kappa shape index (κ2) is 6.56. The average Bonchev–Trinajstić information content (AvgIpc) is 2.76. The quantitative estimate of drug-likeness (QED) is 0.881. The first-order valence-corrected chi connectivity index (χ1v) is 7.14. The minimum absolute atomic E-state index is 0.0664. The number of carbonyl (C=O) groups excluding carboxylic acids is 1. The van der Waals surface area contributed by atoms with Crippen LogP contribution in [-0.4, -0.2) is 21.7 Å². The van der Waals surface area contributed by atoms with Crippen molar-refractivity contribution in [1.82, 2.24) is 9.78 Å². The lowest BCUT2D eigenvalue weighted by atomic mass is 10.2. The molecule has 0 unspecified atom stereocenters. The summed E-state index contributed by atoms with van der Waals surface area (Å²) >= 11 is 3.38. The van der Waals surface area contributed by atoms with Crippen LogP contribution in [0.1, 0.15) is 13.8 Å². The minimum atomic E-state index is -0.0664. The molecular weight excluding hydrogens is 320 g/mol. The molecular formula is C14H17BrN4O. The smallest absolute Gasteiger partial charge is 0.221 e. The summed E-state index contributed by atoms with van der Waals surface area (Å²) in [6.07, 6.45) is 3.72. The Labute approximate surface area is 126 Å². The Hall–Kier alpha value is -1.82. The number of carbonyl (C=O) groups is 1. The first kappa shape index (κ1) is 14.6. The molecule has 20 heavy (non-hydrogen) atoms. The van der Waals surface area contributed by atoms with E-state index in [4.69, 9.17) is 0 Å². The Kier molecular flexibility index (Phi) is 4.79. The lowest BCUT2D eigenvalue weighted by Crippen LogP contribution is -2.22. The third kappa shape index (κ3) is 4.38. The topological polar surface area (TPSA) is 59.0 Å². The molecule has 0 aliphatic rings. The van der Waals surface area contributed by atoms with E-state index in [2.05, 4.69) is 38.6 Å². The van der Waals surface area contributed by atoms with E-state index in [1.54, 1.807) is 6.20 Å². The van der Waals surface area contributed by atoms with Crippen LogP contribution in [0.15, 0.2) is 41.1 Å². The molecule has 2 rings (SSSR count). The van der Waals surface area contributed by atoms with Crippen molar-refractivity contribution in [3.63, 3.8) is 0 Å². The van der Waals surface area contributed by atoms with Crippen LogP contribution in [-0.2, 0) is 11.3 Å². The molecule has 0 spiro atoms. The fourth-order valence-corrected chi connectivity index (χ4v) is 2.23. The van der Waals surface area contributed by atoms with E-state index < -0.39 is 0 Å². The molecule has 2 aromatic rings. The number of hydrogen-bond donors (Lipinski definition) is 2. The highest BCUT2D eigenvalue weighted by Crippen LogP contribution is 2.15. The van der Waals surface area contributed by atoms with Crippen LogP contribution in [0.25, 0.3) is 0 Å². The van der Waals surface area contributed by atoms with Gasteiger partial charge in [0, 0.05) is 30.5 Å². The van der Waals surface area contributed by atoms with E-state index in [0.29, 0.717) is 0 Å². The van der Waals surface area contributed by atoms with Crippen LogP contribution in [0.5, 0.6) is 0 Å². The minimum Gasteiger partial charge on any atom is -0.381 e. The normalized spacial score (nSPS) is 11.9. The van der Waals surface area contributed by atoms with Crippen molar-refractivity contribution in [1.29, 1.82) is 0 Å². The predicted octanol–water partition coefficient (Wildman–Crippen LogP) is 3.10. The first-order valence-electron chi connectivity index (χ1n) is 6.35. The number of benzene rings is 1. The predicted molar refractivity (Wildman–Crippen MR) is 83.8 cm³/mol. The second-order valence-electron chi connectivity index (χ2n) is 4.68. The van der Waals surface area contributed by atoms with Gasteiger partial charge in [0.05, 0.1) is 17.2 Å². The third-order valence-corrected chi connectivity index (χ3v) is 3.09. The molecule has 0 saturated heterocycles. The van der Waals surface area contributed by atoms with Gasteiger partial charge in [-0.2, -0.15) is 5.10 Å². The zero-order valence-corrected chi connectivity index (χ0v) is 13.0. The van der Waals surface area contributed by atoms with Gasteiger partial charge in [0.1, 0.15) is 0 Å². The van der Waals surface area contributed by atoms with Crippen molar-refractivity contribution in [2.45, 2.75) is 26.4 Å². The fraction of sp³-hybridized carbons (Fsp3) is 0.286. The Morgan fingerprint density at radius 1 is 1.35 bits per heavy atom. The number of anilines is 2. The summed E-state index contributed by atoms with van der Waals surface area (Å²) in [5, 5.41) is 10.4. The Balaban J connectivity index is 1.90. The maximum Gasteiger partial charge on any atom is 0.221 e. The summed E-state index contributed by atoms with van der Waals surface area (Å²) in [5.41, 5.74) is 1.81. The van der Waals surface area contributed by atoms with E-state index in [1.807, 2.05) is 35.1 Å². The molecule has 1 atom stereocenters. The van der Waals surface area contributed by atoms with Crippen molar-refractivity contribution in [2.24, 2.45) is 0 Å². The van der Waals surface area contributed by atoms with Gasteiger partial charge in [0.2, 0.25) is 5.91 Å². The molecule has 6 heteroatoms. The number of aromatic nitrogens is 2. The maximum absolute atomic E-state index is 10.9. The molecule has 106 valence electrons. The van der Waals surface area contributed by atoms with E-state index in [0.717, 1.165) is 22.4 Å². The van der Waals surface area contributed by atoms with Gasteiger partial charge in [-0.05, 0) is 47.1 Å². The number of halogens is 1. The van der Waals surface area contributed by atoms with Crippen molar-refractivity contribution in [3.8, 4) is 0 Å². The summed E-state index contributed by atoms with van der Waals surface area (Å²) in [4.78, 5) is 10.9. The van der Waals surface area contributed by atoms with Gasteiger partial charge >= 0.3 is 0 Å². The standard InChI is InChI=1S/C14H17BrN4O/c1-10(8-19-9-12(15)7-16-19)17-13-3-5-14(6-4-13)18-11(2)20/h3-7,9-10,17H,8H2,1-2H3,(H,18,20)/t10-/m1/s1. The molecule has 0 bridgehead atoms. The lowest BCUT2D eigenvalue weighted by molar-refractivity contribution is -0.114. The largest absolute Gasteiger partial charge is 0.381 e. The fourth-order valence-electron chi connectivity index (χ4n) is 1.90. The molecule has 1 aromatic carbocycles. The van der Waals surface area contributed by atoms with Crippen molar-refractivity contribution in [3.05, 3.63) is 41.1 Å². The first-order chi connectivity index (χ1) is 9.52. The van der Waals surface area contributed by atoms with Crippen molar-refractivity contribution in [2.75, 3.05) is 10.6 Å². The molecule has 2 N–H and O–H groups in total. The van der Waals surface area contributed by atoms with E-state index in [1.165, 1.54) is 6.92 Å². The highest BCUT2D eigenvalue weighted by atomic mass is 79.9. The number of nitrogens with zero attached hydrogens (tertiary/aromatic N) is 2. The summed E-state index contributed by atoms with van der Waals surface area (Å²) < 4.78 is 2.86. The number of amides is 1. The molecule has 1 amide bonds. The van der Waals surface area contributed by atoms with Gasteiger partial charge in [-0.1, -0.05) is 0 Å². The third-order valence-electron chi connectivity index (χ3n) is 2.68. The van der Waals surface area contributed by atoms with Gasteiger partial charge < -0.3 is 10.6 Å².